The van der Waals surface area contributed by atoms with Crippen LogP contribution in [0.4, 0.5) is 5.69 Å². The number of nitrogens with one attached hydrogen (secondary N) is 1. The van der Waals surface area contributed by atoms with Crippen LogP contribution in [-0.4, -0.2) is 52.1 Å². The molecule has 1 aliphatic heterocycles. The lowest BCUT2D eigenvalue weighted by atomic mass is 9.84. The molecule has 2 aliphatic rings. The summed E-state index contributed by atoms with van der Waals surface area (Å²) in [6.45, 7) is 7.01. The molecule has 1 aliphatic carbocycles. The number of fused-ring (bicyclic) bond motifs is 1. The minimum atomic E-state index is -0.417. The molecule has 2 heterocycles. The van der Waals surface area contributed by atoms with Gasteiger partial charge in [0.25, 0.3) is 11.5 Å². The number of H-pyrrole nitrogens is 1. The van der Waals surface area contributed by atoms with Gasteiger partial charge in [-0.2, -0.15) is 0 Å². The third kappa shape index (κ3) is 5.82. The van der Waals surface area contributed by atoms with Crippen LogP contribution in [0.1, 0.15) is 76.3 Å². The third-order valence-electron chi connectivity index (χ3n) is 8.79. The number of aromatic amines is 1. The van der Waals surface area contributed by atoms with Crippen molar-refractivity contribution in [2.45, 2.75) is 51.9 Å². The van der Waals surface area contributed by atoms with Crippen LogP contribution >= 0.6 is 0 Å². The number of anilines is 1. The number of aromatic nitrogens is 2. The van der Waals surface area contributed by atoms with Gasteiger partial charge in [-0.25, -0.2) is 4.98 Å². The summed E-state index contributed by atoms with van der Waals surface area (Å²) in [6, 6.07) is 19.6. The van der Waals surface area contributed by atoms with Crippen molar-refractivity contribution in [2.24, 2.45) is 0 Å². The Morgan fingerprint density at radius 3 is 2.36 bits per heavy atom. The van der Waals surface area contributed by atoms with Crippen molar-refractivity contribution in [3.05, 3.63) is 105 Å². The zero-order valence-electron chi connectivity index (χ0n) is 24.4. The molecule has 4 aromatic rings. The number of hydrogen-bond acceptors (Lipinski definition) is 5. The Morgan fingerprint density at radius 1 is 0.905 bits per heavy atom. The predicted octanol–water partition coefficient (Wildman–Crippen LogP) is 6.61. The van der Waals surface area contributed by atoms with Crippen LogP contribution in [0.2, 0.25) is 0 Å². The Bertz CT molecular complexity index is 1690. The smallest absolute Gasteiger partial charge is 0.274 e. The minimum absolute atomic E-state index is 0.00524. The summed E-state index contributed by atoms with van der Waals surface area (Å²) >= 11 is 0. The highest BCUT2D eigenvalue weighted by molar-refractivity contribution is 5.97. The Labute approximate surface area is 246 Å². The van der Waals surface area contributed by atoms with Crippen molar-refractivity contribution in [1.82, 2.24) is 14.9 Å². The molecule has 42 heavy (non-hydrogen) atoms. The molecular formula is C35H38N4O3. The van der Waals surface area contributed by atoms with E-state index in [1.807, 2.05) is 17.0 Å². The first kappa shape index (κ1) is 27.8. The monoisotopic (exact) mass is 562 g/mol. The molecule has 0 bridgehead atoms. The fourth-order valence-corrected chi connectivity index (χ4v) is 6.30. The second-order valence-electron chi connectivity index (χ2n) is 11.7. The van der Waals surface area contributed by atoms with Gasteiger partial charge >= 0.3 is 0 Å². The molecule has 0 radical (unpaired) electrons. The SMILES string of the molecule is Cc1ccc(C)c(N2CCN(C(=O)c3ccc4nc(C=C(O)c5ccc(C6CCCCC6)cc5)c(=O)[nH]c4c3)CC2)c1. The van der Waals surface area contributed by atoms with Crippen LogP contribution in [0.15, 0.2) is 65.5 Å². The average Bonchev–Trinajstić information content (AvgIpc) is 3.02. The first-order chi connectivity index (χ1) is 20.4. The van der Waals surface area contributed by atoms with E-state index in [0.29, 0.717) is 41.2 Å². The lowest BCUT2D eigenvalue weighted by Crippen LogP contribution is -2.49. The first-order valence-corrected chi connectivity index (χ1v) is 15.0. The van der Waals surface area contributed by atoms with Crippen molar-refractivity contribution in [3.63, 3.8) is 0 Å². The third-order valence-corrected chi connectivity index (χ3v) is 8.79. The highest BCUT2D eigenvalue weighted by Gasteiger charge is 2.24. The van der Waals surface area contributed by atoms with Gasteiger partial charge in [-0.15, -0.1) is 0 Å². The van der Waals surface area contributed by atoms with Gasteiger partial charge in [-0.05, 0) is 73.6 Å². The van der Waals surface area contributed by atoms with Gasteiger partial charge in [-0.1, -0.05) is 55.7 Å². The predicted molar refractivity (Wildman–Crippen MR) is 169 cm³/mol. The number of carbonyl (C=O) groups excluding carboxylic acids is 1. The first-order valence-electron chi connectivity index (χ1n) is 15.0. The summed E-state index contributed by atoms with van der Waals surface area (Å²) in [7, 11) is 0. The van der Waals surface area contributed by atoms with Gasteiger partial charge in [-0.3, -0.25) is 9.59 Å². The normalized spacial score (nSPS) is 16.7. The number of rotatable bonds is 5. The Kier molecular flexibility index (Phi) is 7.83. The molecule has 0 spiro atoms. The van der Waals surface area contributed by atoms with E-state index in [1.54, 1.807) is 18.2 Å². The number of nitrogens with zero attached hydrogens (tertiary/aromatic N) is 3. The fraction of sp³-hybridized carbons (Fsp3) is 0.343. The number of aliphatic hydroxyl groups is 1. The van der Waals surface area contributed by atoms with Crippen LogP contribution in [0.5, 0.6) is 0 Å². The van der Waals surface area contributed by atoms with Crippen LogP contribution in [0.25, 0.3) is 22.9 Å². The quantitative estimate of drug-likeness (QED) is 0.267. The molecule has 7 nitrogen and oxygen atoms in total. The molecule has 2 fully saturated rings. The van der Waals surface area contributed by atoms with Gasteiger partial charge in [0.1, 0.15) is 11.5 Å². The maximum atomic E-state index is 13.3. The van der Waals surface area contributed by atoms with Crippen LogP contribution in [0.3, 0.4) is 0 Å². The highest BCUT2D eigenvalue weighted by atomic mass is 16.3. The molecule has 216 valence electrons. The zero-order valence-corrected chi connectivity index (χ0v) is 24.4. The molecule has 2 N–H and O–H groups in total. The van der Waals surface area contributed by atoms with Gasteiger partial charge in [0.2, 0.25) is 0 Å². The fourth-order valence-electron chi connectivity index (χ4n) is 6.30. The summed E-state index contributed by atoms with van der Waals surface area (Å²) in [6.07, 6.45) is 7.70. The lowest BCUT2D eigenvalue weighted by molar-refractivity contribution is 0.0747. The highest BCUT2D eigenvalue weighted by Crippen LogP contribution is 2.33. The topological polar surface area (TPSA) is 89.5 Å². The van der Waals surface area contributed by atoms with Crippen LogP contribution in [-0.2, 0) is 0 Å². The molecular weight excluding hydrogens is 524 g/mol. The summed E-state index contributed by atoms with van der Waals surface area (Å²) in [5.74, 6) is 0.527. The van der Waals surface area contributed by atoms with Gasteiger partial charge in [0.05, 0.1) is 11.0 Å². The summed E-state index contributed by atoms with van der Waals surface area (Å²) in [5.41, 5.74) is 6.92. The number of piperazine rings is 1. The van der Waals surface area contributed by atoms with Crippen molar-refractivity contribution in [3.8, 4) is 0 Å². The summed E-state index contributed by atoms with van der Waals surface area (Å²) in [4.78, 5) is 37.8. The molecule has 3 aromatic carbocycles. The van der Waals surface area contributed by atoms with Crippen molar-refractivity contribution < 1.29 is 9.90 Å². The maximum Gasteiger partial charge on any atom is 0.274 e. The number of hydrogen-bond donors (Lipinski definition) is 2. The number of carbonyl (C=O) groups is 1. The molecule has 1 saturated heterocycles. The van der Waals surface area contributed by atoms with E-state index in [9.17, 15) is 14.7 Å². The Hall–Kier alpha value is -4.39. The van der Waals surface area contributed by atoms with E-state index in [4.69, 9.17) is 0 Å². The molecule has 6 rings (SSSR count). The van der Waals surface area contributed by atoms with Crippen molar-refractivity contribution in [2.75, 3.05) is 31.1 Å². The average molecular weight is 563 g/mol. The lowest BCUT2D eigenvalue weighted by Gasteiger charge is -2.37. The standard InChI is InChI=1S/C35H38N4O3/c1-23-8-9-24(2)32(20-23)38-16-18-39(19-17-38)35(42)28-14-15-29-30(21-28)37-34(41)31(36-29)22-33(40)27-12-10-26(11-13-27)25-6-4-3-5-7-25/h8-15,20-22,25,40H,3-7,16-19H2,1-2H3,(H,37,41). The van der Waals surface area contributed by atoms with E-state index in [0.717, 1.165) is 13.1 Å². The molecule has 1 saturated carbocycles. The molecule has 0 unspecified atom stereocenters. The number of aryl methyl sites for hydroxylation is 2. The summed E-state index contributed by atoms with van der Waals surface area (Å²) in [5, 5.41) is 10.8. The van der Waals surface area contributed by atoms with E-state index in [-0.39, 0.29) is 17.4 Å². The number of aliphatic hydroxyl groups excluding tert-OH is 1. The molecule has 0 atom stereocenters. The molecule has 7 heteroatoms. The number of benzene rings is 3. The number of amides is 1. The van der Waals surface area contributed by atoms with Gasteiger partial charge < -0.3 is 19.9 Å². The second kappa shape index (κ2) is 11.8. The zero-order chi connectivity index (χ0) is 29.2. The molecule has 1 amide bonds. The minimum Gasteiger partial charge on any atom is -0.507 e. The van der Waals surface area contributed by atoms with Gasteiger partial charge in [0, 0.05) is 49.1 Å². The van der Waals surface area contributed by atoms with E-state index in [1.165, 1.54) is 60.6 Å². The summed E-state index contributed by atoms with van der Waals surface area (Å²) < 4.78 is 0. The van der Waals surface area contributed by atoms with E-state index in [2.05, 4.69) is 59.0 Å². The van der Waals surface area contributed by atoms with Crippen molar-refractivity contribution in [1.29, 1.82) is 0 Å². The van der Waals surface area contributed by atoms with Crippen LogP contribution < -0.4 is 10.5 Å². The Morgan fingerprint density at radius 2 is 1.62 bits per heavy atom. The van der Waals surface area contributed by atoms with Crippen LogP contribution in [0, 0.1) is 13.8 Å². The maximum absolute atomic E-state index is 13.3. The van der Waals surface area contributed by atoms with Gasteiger partial charge in [0.15, 0.2) is 0 Å². The second-order valence-corrected chi connectivity index (χ2v) is 11.7. The van der Waals surface area contributed by atoms with E-state index < -0.39 is 5.56 Å². The van der Waals surface area contributed by atoms with E-state index >= 15 is 0 Å². The largest absolute Gasteiger partial charge is 0.507 e. The Balaban J connectivity index is 1.15. The van der Waals surface area contributed by atoms with Crippen molar-refractivity contribution >= 4 is 34.5 Å². The molecule has 1 aromatic heterocycles.